The Balaban J connectivity index is 0.000000444. The number of rotatable bonds is 1. The van der Waals surface area contributed by atoms with Crippen molar-refractivity contribution in [2.24, 2.45) is 0 Å². The van der Waals surface area contributed by atoms with Crippen molar-refractivity contribution in [3.05, 3.63) is 41.3 Å². The molecule has 1 amide bonds. The van der Waals surface area contributed by atoms with Crippen molar-refractivity contribution >= 4 is 6.09 Å². The number of hydrogen-bond donors (Lipinski definition) is 2. The molecule has 1 heterocycles. The first kappa shape index (κ1) is 16.5. The minimum absolute atomic E-state index is 0.117. The van der Waals surface area contributed by atoms with E-state index < -0.39 is 6.09 Å². The third-order valence-corrected chi connectivity index (χ3v) is 3.01. The van der Waals surface area contributed by atoms with Gasteiger partial charge in [-0.15, -0.1) is 0 Å². The number of amides is 1. The van der Waals surface area contributed by atoms with Crippen LogP contribution in [0.4, 0.5) is 4.79 Å². The molecule has 4 heteroatoms. The minimum atomic E-state index is -0.833. The fourth-order valence-electron chi connectivity index (χ4n) is 2.11. The fourth-order valence-corrected chi connectivity index (χ4v) is 2.11. The summed E-state index contributed by atoms with van der Waals surface area (Å²) in [5, 5.41) is 12.3. The van der Waals surface area contributed by atoms with E-state index in [0.717, 1.165) is 0 Å². The van der Waals surface area contributed by atoms with Crippen molar-refractivity contribution in [2.75, 3.05) is 19.6 Å². The molecule has 0 saturated carbocycles. The largest absolute Gasteiger partial charge is 0.465 e. The van der Waals surface area contributed by atoms with Crippen LogP contribution in [0.15, 0.2) is 24.3 Å². The SMILES string of the molecule is C[C](C)C.Cc1ccccc1[C@@H]1CN(C(=O)O)CCN1. The highest BCUT2D eigenvalue weighted by Crippen LogP contribution is 2.20. The Kier molecular flexibility index (Phi) is 6.52. The number of benzene rings is 1. The number of hydrogen-bond acceptors (Lipinski definition) is 2. The second-order valence-corrected chi connectivity index (χ2v) is 5.59. The van der Waals surface area contributed by atoms with Gasteiger partial charge in [0.2, 0.25) is 0 Å². The summed E-state index contributed by atoms with van der Waals surface area (Å²) in [4.78, 5) is 12.4. The molecule has 111 valence electrons. The van der Waals surface area contributed by atoms with Crippen LogP contribution in [0.25, 0.3) is 0 Å². The van der Waals surface area contributed by atoms with Crippen molar-refractivity contribution in [2.45, 2.75) is 33.7 Å². The zero-order valence-electron chi connectivity index (χ0n) is 12.8. The van der Waals surface area contributed by atoms with Crippen molar-refractivity contribution in [1.29, 1.82) is 0 Å². The zero-order chi connectivity index (χ0) is 15.1. The number of carbonyl (C=O) groups is 1. The van der Waals surface area contributed by atoms with Gasteiger partial charge in [0.15, 0.2) is 0 Å². The lowest BCUT2D eigenvalue weighted by Crippen LogP contribution is -2.47. The van der Waals surface area contributed by atoms with Crippen LogP contribution in [-0.2, 0) is 0 Å². The second kappa shape index (κ2) is 7.90. The Hall–Kier alpha value is -1.55. The molecule has 4 nitrogen and oxygen atoms in total. The standard InChI is InChI=1S/C12H16N2O2.C4H9/c1-9-4-2-3-5-10(9)11-8-14(12(15)16)7-6-13-11;1-4(2)3/h2-5,11,13H,6-8H2,1H3,(H,15,16);1-3H3/t11-;/m0./s1. The van der Waals surface area contributed by atoms with Gasteiger partial charge >= 0.3 is 6.09 Å². The molecule has 1 radical (unpaired) electrons. The van der Waals surface area contributed by atoms with Crippen molar-refractivity contribution < 1.29 is 9.90 Å². The van der Waals surface area contributed by atoms with E-state index >= 15 is 0 Å². The van der Waals surface area contributed by atoms with Crippen LogP contribution in [-0.4, -0.2) is 35.7 Å². The predicted molar refractivity (Wildman–Crippen MR) is 81.8 cm³/mol. The number of nitrogens with one attached hydrogen (secondary N) is 1. The Morgan fingerprint density at radius 3 is 2.45 bits per heavy atom. The Morgan fingerprint density at radius 2 is 1.90 bits per heavy atom. The van der Waals surface area contributed by atoms with Gasteiger partial charge in [0.1, 0.15) is 0 Å². The summed E-state index contributed by atoms with van der Waals surface area (Å²) in [7, 11) is 0. The highest BCUT2D eigenvalue weighted by Gasteiger charge is 2.24. The van der Waals surface area contributed by atoms with Crippen molar-refractivity contribution in [1.82, 2.24) is 10.2 Å². The molecule has 1 fully saturated rings. The molecular formula is C16H25N2O2. The summed E-state index contributed by atoms with van der Waals surface area (Å²) >= 11 is 0. The van der Waals surface area contributed by atoms with Crippen LogP contribution in [0, 0.1) is 12.8 Å². The maximum Gasteiger partial charge on any atom is 0.407 e. The second-order valence-electron chi connectivity index (χ2n) is 5.59. The first-order valence-corrected chi connectivity index (χ1v) is 6.95. The van der Waals surface area contributed by atoms with E-state index in [1.165, 1.54) is 21.9 Å². The molecule has 2 rings (SSSR count). The van der Waals surface area contributed by atoms with Gasteiger partial charge < -0.3 is 15.3 Å². The Bertz CT molecular complexity index is 429. The monoisotopic (exact) mass is 277 g/mol. The maximum absolute atomic E-state index is 10.9. The number of carboxylic acid groups (broad SMARTS) is 1. The summed E-state index contributed by atoms with van der Waals surface area (Å²) < 4.78 is 0. The van der Waals surface area contributed by atoms with E-state index in [4.69, 9.17) is 5.11 Å². The number of aryl methyl sites for hydroxylation is 1. The van der Waals surface area contributed by atoms with Crippen LogP contribution < -0.4 is 5.32 Å². The van der Waals surface area contributed by atoms with Gasteiger partial charge in [-0.2, -0.15) is 0 Å². The lowest BCUT2D eigenvalue weighted by molar-refractivity contribution is 0.129. The van der Waals surface area contributed by atoms with E-state index in [-0.39, 0.29) is 6.04 Å². The van der Waals surface area contributed by atoms with Crippen LogP contribution >= 0.6 is 0 Å². The topological polar surface area (TPSA) is 52.6 Å². The quantitative estimate of drug-likeness (QED) is 0.828. The molecule has 0 bridgehead atoms. The van der Waals surface area contributed by atoms with Gasteiger partial charge in [-0.3, -0.25) is 0 Å². The molecule has 0 aromatic heterocycles. The third-order valence-electron chi connectivity index (χ3n) is 3.01. The molecule has 1 aliphatic rings. The molecule has 1 aliphatic heterocycles. The lowest BCUT2D eigenvalue weighted by atomic mass is 10.00. The predicted octanol–water partition coefficient (Wildman–Crippen LogP) is 3.24. The normalized spacial score (nSPS) is 18.4. The van der Waals surface area contributed by atoms with Gasteiger partial charge in [0.25, 0.3) is 0 Å². The number of nitrogens with zero attached hydrogens (tertiary/aromatic N) is 1. The fraction of sp³-hybridized carbons (Fsp3) is 0.500. The molecule has 20 heavy (non-hydrogen) atoms. The average molecular weight is 277 g/mol. The minimum Gasteiger partial charge on any atom is -0.465 e. The molecule has 0 unspecified atom stereocenters. The molecule has 1 aromatic rings. The summed E-state index contributed by atoms with van der Waals surface area (Å²) in [6.45, 7) is 10.1. The van der Waals surface area contributed by atoms with Gasteiger partial charge in [-0.1, -0.05) is 45.0 Å². The van der Waals surface area contributed by atoms with E-state index in [1.54, 1.807) is 0 Å². The van der Waals surface area contributed by atoms with E-state index in [9.17, 15) is 4.79 Å². The zero-order valence-corrected chi connectivity index (χ0v) is 12.8. The lowest BCUT2D eigenvalue weighted by Gasteiger charge is -2.32. The summed E-state index contributed by atoms with van der Waals surface area (Å²) in [5.74, 6) is 1.42. The highest BCUT2D eigenvalue weighted by molar-refractivity contribution is 5.65. The smallest absolute Gasteiger partial charge is 0.407 e. The molecular weight excluding hydrogens is 252 g/mol. The summed E-state index contributed by atoms with van der Waals surface area (Å²) in [5.41, 5.74) is 2.39. The van der Waals surface area contributed by atoms with Crippen LogP contribution in [0.3, 0.4) is 0 Å². The van der Waals surface area contributed by atoms with E-state index in [0.29, 0.717) is 19.6 Å². The molecule has 1 saturated heterocycles. The Morgan fingerprint density at radius 1 is 1.30 bits per heavy atom. The van der Waals surface area contributed by atoms with E-state index in [2.05, 4.69) is 45.1 Å². The highest BCUT2D eigenvalue weighted by atomic mass is 16.4. The van der Waals surface area contributed by atoms with Gasteiger partial charge in [-0.25, -0.2) is 4.79 Å². The summed E-state index contributed by atoms with van der Waals surface area (Å²) in [6.07, 6.45) is -0.833. The molecule has 0 spiro atoms. The molecule has 2 N–H and O–H groups in total. The average Bonchev–Trinajstić information content (AvgIpc) is 2.39. The first-order valence-electron chi connectivity index (χ1n) is 6.95. The van der Waals surface area contributed by atoms with Crippen molar-refractivity contribution in [3.8, 4) is 0 Å². The van der Waals surface area contributed by atoms with Crippen molar-refractivity contribution in [3.63, 3.8) is 0 Å². The van der Waals surface area contributed by atoms with Crippen LogP contribution in [0.5, 0.6) is 0 Å². The maximum atomic E-state index is 10.9. The molecule has 1 atom stereocenters. The van der Waals surface area contributed by atoms with E-state index in [1.807, 2.05) is 12.1 Å². The molecule has 1 aromatic carbocycles. The van der Waals surface area contributed by atoms with Gasteiger partial charge in [0, 0.05) is 19.6 Å². The number of piperazine rings is 1. The van der Waals surface area contributed by atoms with Gasteiger partial charge in [0.05, 0.1) is 6.04 Å². The van der Waals surface area contributed by atoms with Crippen LogP contribution in [0.1, 0.15) is 37.9 Å². The summed E-state index contributed by atoms with van der Waals surface area (Å²) in [6, 6.07) is 8.21. The first-order chi connectivity index (χ1) is 9.41. The third kappa shape index (κ3) is 5.21. The van der Waals surface area contributed by atoms with Crippen LogP contribution in [0.2, 0.25) is 0 Å². The Labute approximate surface area is 121 Å². The molecule has 0 aliphatic carbocycles. The van der Waals surface area contributed by atoms with Gasteiger partial charge in [-0.05, 0) is 24.0 Å².